The van der Waals surface area contributed by atoms with Gasteiger partial charge in [0.05, 0.1) is 23.8 Å². The Bertz CT molecular complexity index is 927. The van der Waals surface area contributed by atoms with Gasteiger partial charge in [-0.2, -0.15) is 0 Å². The second-order valence-electron chi connectivity index (χ2n) is 6.66. The lowest BCUT2D eigenvalue weighted by molar-refractivity contribution is -0.112. The van der Waals surface area contributed by atoms with E-state index in [0.717, 1.165) is 10.8 Å². The zero-order valence-electron chi connectivity index (χ0n) is 14.9. The van der Waals surface area contributed by atoms with Gasteiger partial charge in [0.25, 0.3) is 0 Å². The lowest BCUT2D eigenvalue weighted by Crippen LogP contribution is -2.49. The zero-order valence-corrected chi connectivity index (χ0v) is 14.9. The first-order valence-corrected chi connectivity index (χ1v) is 8.59. The van der Waals surface area contributed by atoms with Crippen molar-refractivity contribution < 1.29 is 29.9 Å². The number of benzene rings is 2. The maximum atomic E-state index is 10.2. The van der Waals surface area contributed by atoms with E-state index in [-0.39, 0.29) is 6.54 Å². The summed E-state index contributed by atoms with van der Waals surface area (Å²) in [7, 11) is 1.70. The van der Waals surface area contributed by atoms with Crippen molar-refractivity contribution in [3.05, 3.63) is 36.4 Å². The van der Waals surface area contributed by atoms with Crippen molar-refractivity contribution in [3.63, 3.8) is 0 Å². The zero-order chi connectivity index (χ0) is 19.7. The molecule has 0 radical (unpaired) electrons. The fourth-order valence-electron chi connectivity index (χ4n) is 3.19. The van der Waals surface area contributed by atoms with Gasteiger partial charge in [-0.1, -0.05) is 18.2 Å². The highest BCUT2D eigenvalue weighted by molar-refractivity contribution is 6.14. The van der Waals surface area contributed by atoms with Crippen LogP contribution in [0.4, 0.5) is 11.4 Å². The van der Waals surface area contributed by atoms with Gasteiger partial charge in [0.2, 0.25) is 0 Å². The smallest absolute Gasteiger partial charge is 0.160 e. The number of nitrogens with zero attached hydrogens (tertiary/aromatic N) is 1. The fraction of sp³-hybridized carbons (Fsp3) is 0.368. The number of anilines is 2. The molecule has 0 aliphatic heterocycles. The van der Waals surface area contributed by atoms with Gasteiger partial charge in [-0.25, -0.2) is 0 Å². The quantitative estimate of drug-likeness (QED) is 0.317. The van der Waals surface area contributed by atoms with Gasteiger partial charge in [0.15, 0.2) is 5.58 Å². The molecule has 1 aromatic heterocycles. The average Bonchev–Trinajstić information content (AvgIpc) is 3.06. The number of aliphatic hydroxyl groups excluding tert-OH is 5. The molecule has 0 amide bonds. The van der Waals surface area contributed by atoms with Crippen LogP contribution < -0.4 is 10.6 Å². The van der Waals surface area contributed by atoms with Crippen LogP contribution in [-0.2, 0) is 0 Å². The summed E-state index contributed by atoms with van der Waals surface area (Å²) in [5.41, 5.74) is 8.57. The Morgan fingerprint density at radius 2 is 1.67 bits per heavy atom. The second kappa shape index (κ2) is 7.71. The van der Waals surface area contributed by atoms with Crippen molar-refractivity contribution in [2.75, 3.05) is 30.8 Å². The number of para-hydroxylation sites is 1. The van der Waals surface area contributed by atoms with E-state index in [2.05, 4.69) is 0 Å². The molecule has 3 rings (SSSR count). The lowest BCUT2D eigenvalue weighted by Gasteiger charge is -2.29. The van der Waals surface area contributed by atoms with Gasteiger partial charge in [0, 0.05) is 24.7 Å². The number of nitrogen functional groups attached to an aromatic ring is 1. The molecule has 3 aromatic rings. The maximum absolute atomic E-state index is 10.2. The van der Waals surface area contributed by atoms with Gasteiger partial charge in [-0.05, 0) is 18.2 Å². The van der Waals surface area contributed by atoms with Crippen LogP contribution in [0.5, 0.6) is 0 Å². The van der Waals surface area contributed by atoms with E-state index >= 15 is 0 Å². The molecule has 8 heteroatoms. The monoisotopic (exact) mass is 376 g/mol. The van der Waals surface area contributed by atoms with Gasteiger partial charge >= 0.3 is 0 Å². The fourth-order valence-corrected chi connectivity index (χ4v) is 3.19. The molecular weight excluding hydrogens is 352 g/mol. The topological polar surface area (TPSA) is 144 Å². The van der Waals surface area contributed by atoms with Crippen LogP contribution in [0, 0.1) is 0 Å². The summed E-state index contributed by atoms with van der Waals surface area (Å²) in [6, 6.07) is 11.0. The Labute approximate surface area is 155 Å². The van der Waals surface area contributed by atoms with Crippen LogP contribution in [0.1, 0.15) is 0 Å². The third kappa shape index (κ3) is 3.58. The molecule has 0 fully saturated rings. The summed E-state index contributed by atoms with van der Waals surface area (Å²) >= 11 is 0. The van der Waals surface area contributed by atoms with Crippen molar-refractivity contribution in [2.45, 2.75) is 24.4 Å². The standard InChI is InChI=1S/C19H24N2O6/c1-21(8-13(23)17(25)18(26)14(24)9-22)12-7-6-11(20)16-10-4-2-3-5-15(10)27-19(12)16/h2-7,13-14,17-18,22-26H,8-9,20H2,1H3. The summed E-state index contributed by atoms with van der Waals surface area (Å²) in [6.45, 7) is -0.773. The first-order valence-electron chi connectivity index (χ1n) is 8.59. The highest BCUT2D eigenvalue weighted by atomic mass is 16.4. The molecule has 8 nitrogen and oxygen atoms in total. The molecule has 4 atom stereocenters. The summed E-state index contributed by atoms with van der Waals surface area (Å²) in [6.07, 6.45) is -6.22. The van der Waals surface area contributed by atoms with Gasteiger partial charge in [-0.15, -0.1) is 0 Å². The van der Waals surface area contributed by atoms with E-state index in [1.165, 1.54) is 0 Å². The van der Waals surface area contributed by atoms with Crippen molar-refractivity contribution in [1.29, 1.82) is 0 Å². The van der Waals surface area contributed by atoms with Crippen LogP contribution in [-0.4, -0.2) is 70.1 Å². The molecule has 1 heterocycles. The largest absolute Gasteiger partial charge is 0.454 e. The molecule has 7 N–H and O–H groups in total. The molecule has 0 aliphatic carbocycles. The van der Waals surface area contributed by atoms with Crippen LogP contribution in [0.2, 0.25) is 0 Å². The summed E-state index contributed by atoms with van der Waals surface area (Å²) in [5.74, 6) is 0. The molecule has 0 saturated carbocycles. The minimum atomic E-state index is -1.67. The van der Waals surface area contributed by atoms with Crippen molar-refractivity contribution in [1.82, 2.24) is 0 Å². The highest BCUT2D eigenvalue weighted by Crippen LogP contribution is 2.38. The van der Waals surface area contributed by atoms with E-state index in [1.54, 1.807) is 24.1 Å². The Hall–Kier alpha value is -2.36. The Morgan fingerprint density at radius 3 is 2.37 bits per heavy atom. The molecule has 0 aliphatic rings. The predicted octanol–water partition coefficient (Wildman–Crippen LogP) is 0.0403. The molecule has 4 unspecified atom stereocenters. The summed E-state index contributed by atoms with van der Waals surface area (Å²) < 4.78 is 5.94. The average molecular weight is 376 g/mol. The molecule has 0 spiro atoms. The molecule has 146 valence electrons. The second-order valence-corrected chi connectivity index (χ2v) is 6.66. The van der Waals surface area contributed by atoms with E-state index in [4.69, 9.17) is 15.3 Å². The van der Waals surface area contributed by atoms with Gasteiger partial charge < -0.3 is 40.6 Å². The molecule has 27 heavy (non-hydrogen) atoms. The number of hydrogen-bond acceptors (Lipinski definition) is 8. The summed E-state index contributed by atoms with van der Waals surface area (Å²) in [4.78, 5) is 1.66. The molecule has 0 saturated heterocycles. The number of rotatable bonds is 7. The summed E-state index contributed by atoms with van der Waals surface area (Å²) in [5, 5.41) is 50.0. The van der Waals surface area contributed by atoms with Crippen LogP contribution >= 0.6 is 0 Å². The normalized spacial score (nSPS) is 16.4. The highest BCUT2D eigenvalue weighted by Gasteiger charge is 2.31. The molecule has 0 bridgehead atoms. The number of likely N-dealkylation sites (N-methyl/N-ethyl adjacent to an activating group) is 1. The minimum absolute atomic E-state index is 0.0492. The lowest BCUT2D eigenvalue weighted by atomic mass is 10.0. The third-order valence-electron chi connectivity index (χ3n) is 4.74. The van der Waals surface area contributed by atoms with Crippen molar-refractivity contribution in [3.8, 4) is 0 Å². The van der Waals surface area contributed by atoms with Crippen LogP contribution in [0.15, 0.2) is 40.8 Å². The first-order chi connectivity index (χ1) is 12.8. The van der Waals surface area contributed by atoms with Crippen molar-refractivity contribution in [2.24, 2.45) is 0 Å². The number of nitrogens with two attached hydrogens (primary N) is 1. The predicted molar refractivity (Wildman–Crippen MR) is 103 cm³/mol. The Morgan fingerprint density at radius 1 is 1.00 bits per heavy atom. The van der Waals surface area contributed by atoms with Crippen LogP contribution in [0.3, 0.4) is 0 Å². The van der Waals surface area contributed by atoms with E-state index in [0.29, 0.717) is 22.5 Å². The Kier molecular flexibility index (Phi) is 5.54. The molecule has 2 aromatic carbocycles. The van der Waals surface area contributed by atoms with Crippen molar-refractivity contribution >= 4 is 33.3 Å². The SMILES string of the molecule is CN(CC(O)C(O)C(O)C(O)CO)c1ccc(N)c2c1oc1ccccc12. The Balaban J connectivity index is 1.90. The minimum Gasteiger partial charge on any atom is -0.454 e. The van der Waals surface area contributed by atoms with E-state index < -0.39 is 31.0 Å². The number of hydrogen-bond donors (Lipinski definition) is 6. The number of furan rings is 1. The van der Waals surface area contributed by atoms with Gasteiger partial charge in [-0.3, -0.25) is 0 Å². The molecular formula is C19H24N2O6. The third-order valence-corrected chi connectivity index (χ3v) is 4.74. The first kappa shape index (κ1) is 19.4. The van der Waals surface area contributed by atoms with Gasteiger partial charge in [0.1, 0.15) is 23.9 Å². The van der Waals surface area contributed by atoms with E-state index in [1.807, 2.05) is 24.3 Å². The maximum Gasteiger partial charge on any atom is 0.160 e. The van der Waals surface area contributed by atoms with Crippen LogP contribution in [0.25, 0.3) is 21.9 Å². The van der Waals surface area contributed by atoms with E-state index in [9.17, 15) is 20.4 Å². The number of aliphatic hydroxyl groups is 5. The number of fused-ring (bicyclic) bond motifs is 3.